The highest BCUT2D eigenvalue weighted by Crippen LogP contribution is 2.32. The number of aromatic hydroxyl groups is 1. The Morgan fingerprint density at radius 3 is 2.71 bits per heavy atom. The van der Waals surface area contributed by atoms with E-state index in [9.17, 15) is 14.7 Å². The van der Waals surface area contributed by atoms with Crippen LogP contribution in [0.5, 0.6) is 17.2 Å². The first-order valence-corrected chi connectivity index (χ1v) is 11.4. The molecule has 1 aliphatic heterocycles. The molecule has 0 aliphatic carbocycles. The Labute approximate surface area is 199 Å². The number of carbonyl (C=O) groups excluding carboxylic acids is 1. The third-order valence-electron chi connectivity index (χ3n) is 5.43. The number of nitrogens with zero attached hydrogens (tertiary/aromatic N) is 2. The number of fused-ring (bicyclic) bond motifs is 1. The van der Waals surface area contributed by atoms with E-state index >= 15 is 0 Å². The number of methoxy groups -OCH3 is 2. The van der Waals surface area contributed by atoms with Crippen LogP contribution in [0.4, 0.5) is 0 Å². The SMILES string of the molecule is CCOC(=O)C1=C(C)N=c2s/c(=C/c3ccc(O)c(OC)c3)c(=O)n2[C@@H]1c1cccc(OC)c1. The first-order chi connectivity index (χ1) is 16.4. The molecular weight excluding hydrogens is 456 g/mol. The zero-order valence-electron chi connectivity index (χ0n) is 19.2. The molecule has 2 heterocycles. The fourth-order valence-electron chi connectivity index (χ4n) is 3.85. The van der Waals surface area contributed by atoms with Gasteiger partial charge in [0.25, 0.3) is 5.56 Å². The van der Waals surface area contributed by atoms with Crippen molar-refractivity contribution in [1.82, 2.24) is 4.57 Å². The van der Waals surface area contributed by atoms with Gasteiger partial charge in [0.15, 0.2) is 16.3 Å². The number of esters is 1. The van der Waals surface area contributed by atoms with E-state index in [0.29, 0.717) is 43.2 Å². The molecule has 1 aliphatic rings. The molecule has 176 valence electrons. The number of benzene rings is 2. The van der Waals surface area contributed by atoms with Gasteiger partial charge in [0.05, 0.1) is 42.7 Å². The molecule has 0 bridgehead atoms. The highest BCUT2D eigenvalue weighted by molar-refractivity contribution is 7.07. The highest BCUT2D eigenvalue weighted by Gasteiger charge is 2.33. The predicted octanol–water partition coefficient (Wildman–Crippen LogP) is 2.52. The van der Waals surface area contributed by atoms with Crippen LogP contribution in [0.15, 0.2) is 63.5 Å². The minimum absolute atomic E-state index is 0.00818. The monoisotopic (exact) mass is 480 g/mol. The molecule has 4 rings (SSSR count). The van der Waals surface area contributed by atoms with Crippen molar-refractivity contribution in [3.63, 3.8) is 0 Å². The Kier molecular flexibility index (Phi) is 6.56. The molecule has 2 aromatic carbocycles. The minimum Gasteiger partial charge on any atom is -0.504 e. The third-order valence-corrected chi connectivity index (χ3v) is 6.41. The van der Waals surface area contributed by atoms with Crippen LogP contribution in [0.3, 0.4) is 0 Å². The number of thiazole rings is 1. The lowest BCUT2D eigenvalue weighted by Crippen LogP contribution is -2.39. The van der Waals surface area contributed by atoms with E-state index in [1.54, 1.807) is 51.3 Å². The molecule has 0 spiro atoms. The summed E-state index contributed by atoms with van der Waals surface area (Å²) in [6, 6.07) is 11.4. The van der Waals surface area contributed by atoms with E-state index in [2.05, 4.69) is 4.99 Å². The maximum Gasteiger partial charge on any atom is 0.338 e. The van der Waals surface area contributed by atoms with Gasteiger partial charge in [0, 0.05) is 0 Å². The van der Waals surface area contributed by atoms with Crippen LogP contribution in [0.25, 0.3) is 6.08 Å². The van der Waals surface area contributed by atoms with E-state index in [1.165, 1.54) is 29.1 Å². The lowest BCUT2D eigenvalue weighted by atomic mass is 9.95. The van der Waals surface area contributed by atoms with Gasteiger partial charge in [-0.15, -0.1) is 0 Å². The lowest BCUT2D eigenvalue weighted by Gasteiger charge is -2.25. The summed E-state index contributed by atoms with van der Waals surface area (Å²) in [6.45, 7) is 3.67. The molecule has 0 fully saturated rings. The summed E-state index contributed by atoms with van der Waals surface area (Å²) in [5, 5.41) is 9.87. The zero-order valence-corrected chi connectivity index (χ0v) is 20.0. The number of hydrogen-bond donors (Lipinski definition) is 1. The summed E-state index contributed by atoms with van der Waals surface area (Å²) >= 11 is 1.22. The summed E-state index contributed by atoms with van der Waals surface area (Å²) in [5.74, 6) is 0.396. The second-order valence-corrected chi connectivity index (χ2v) is 8.52. The summed E-state index contributed by atoms with van der Waals surface area (Å²) < 4.78 is 17.8. The number of aromatic nitrogens is 1. The van der Waals surface area contributed by atoms with Crippen molar-refractivity contribution in [2.75, 3.05) is 20.8 Å². The number of phenols is 1. The van der Waals surface area contributed by atoms with E-state index in [4.69, 9.17) is 14.2 Å². The Balaban J connectivity index is 1.95. The predicted molar refractivity (Wildman–Crippen MR) is 128 cm³/mol. The molecule has 1 N–H and O–H groups in total. The molecule has 3 aromatic rings. The molecule has 0 unspecified atom stereocenters. The maximum absolute atomic E-state index is 13.6. The van der Waals surface area contributed by atoms with Crippen molar-refractivity contribution in [1.29, 1.82) is 0 Å². The molecule has 9 heteroatoms. The molecule has 0 saturated heterocycles. The van der Waals surface area contributed by atoms with Crippen LogP contribution < -0.4 is 24.4 Å². The first kappa shape index (κ1) is 23.3. The summed E-state index contributed by atoms with van der Waals surface area (Å²) in [4.78, 5) is 31.6. The van der Waals surface area contributed by atoms with Crippen molar-refractivity contribution >= 4 is 23.4 Å². The molecule has 8 nitrogen and oxygen atoms in total. The Morgan fingerprint density at radius 2 is 2.00 bits per heavy atom. The molecule has 0 saturated carbocycles. The van der Waals surface area contributed by atoms with Crippen LogP contribution in [0, 0.1) is 0 Å². The fraction of sp³-hybridized carbons (Fsp3) is 0.240. The van der Waals surface area contributed by atoms with E-state index in [0.717, 1.165) is 0 Å². The minimum atomic E-state index is -0.720. The van der Waals surface area contributed by atoms with E-state index in [1.807, 2.05) is 12.1 Å². The van der Waals surface area contributed by atoms with Gasteiger partial charge in [-0.3, -0.25) is 9.36 Å². The Hall–Kier alpha value is -3.85. The van der Waals surface area contributed by atoms with Crippen molar-refractivity contribution in [3.05, 3.63) is 84.5 Å². The van der Waals surface area contributed by atoms with Crippen molar-refractivity contribution < 1.29 is 24.1 Å². The molecular formula is C25H24N2O6S. The van der Waals surface area contributed by atoms with Gasteiger partial charge < -0.3 is 19.3 Å². The van der Waals surface area contributed by atoms with Crippen molar-refractivity contribution in [2.24, 2.45) is 4.99 Å². The Bertz CT molecular complexity index is 1470. The molecule has 1 atom stereocenters. The first-order valence-electron chi connectivity index (χ1n) is 10.6. The lowest BCUT2D eigenvalue weighted by molar-refractivity contribution is -0.139. The van der Waals surface area contributed by atoms with Gasteiger partial charge in [-0.1, -0.05) is 29.5 Å². The maximum atomic E-state index is 13.6. The quantitative estimate of drug-likeness (QED) is 0.545. The number of rotatable bonds is 6. The van der Waals surface area contributed by atoms with E-state index in [-0.39, 0.29) is 17.9 Å². The van der Waals surface area contributed by atoms with Gasteiger partial charge in [-0.25, -0.2) is 9.79 Å². The molecule has 1 aromatic heterocycles. The second kappa shape index (κ2) is 9.56. The van der Waals surface area contributed by atoms with Gasteiger partial charge in [-0.05, 0) is 55.3 Å². The van der Waals surface area contributed by atoms with Gasteiger partial charge >= 0.3 is 5.97 Å². The van der Waals surface area contributed by atoms with E-state index < -0.39 is 12.0 Å². The van der Waals surface area contributed by atoms with Crippen LogP contribution in [-0.4, -0.2) is 36.5 Å². The molecule has 34 heavy (non-hydrogen) atoms. The molecule has 0 amide bonds. The smallest absolute Gasteiger partial charge is 0.338 e. The van der Waals surface area contributed by atoms with Crippen LogP contribution in [0.2, 0.25) is 0 Å². The summed E-state index contributed by atoms with van der Waals surface area (Å²) in [5.41, 5.74) is 1.89. The average Bonchev–Trinajstić information content (AvgIpc) is 3.13. The largest absolute Gasteiger partial charge is 0.504 e. The van der Waals surface area contributed by atoms with Gasteiger partial charge in [-0.2, -0.15) is 0 Å². The van der Waals surface area contributed by atoms with Crippen LogP contribution in [-0.2, 0) is 9.53 Å². The summed E-state index contributed by atoms with van der Waals surface area (Å²) in [6.07, 6.45) is 1.71. The number of phenolic OH excluding ortho intramolecular Hbond substituents is 1. The van der Waals surface area contributed by atoms with Crippen molar-refractivity contribution in [2.45, 2.75) is 19.9 Å². The fourth-order valence-corrected chi connectivity index (χ4v) is 4.90. The van der Waals surface area contributed by atoms with Crippen molar-refractivity contribution in [3.8, 4) is 17.2 Å². The average molecular weight is 481 g/mol. The number of hydrogen-bond acceptors (Lipinski definition) is 8. The molecule has 0 radical (unpaired) electrons. The van der Waals surface area contributed by atoms with Gasteiger partial charge in [0.2, 0.25) is 0 Å². The number of carbonyl (C=O) groups is 1. The highest BCUT2D eigenvalue weighted by atomic mass is 32.1. The normalized spacial score (nSPS) is 15.5. The van der Waals surface area contributed by atoms with Gasteiger partial charge in [0.1, 0.15) is 5.75 Å². The Morgan fingerprint density at radius 1 is 1.21 bits per heavy atom. The number of allylic oxidation sites excluding steroid dienone is 1. The standard InChI is InChI=1S/C25H24N2O6S/c1-5-33-24(30)21-14(2)26-25-27(22(21)16-7-6-8-17(13-16)31-3)23(29)20(34-25)12-15-9-10-18(28)19(11-15)32-4/h6-13,22,28H,5H2,1-4H3/b20-12+/t22-/m1/s1. The third kappa shape index (κ3) is 4.22. The topological polar surface area (TPSA) is 99.4 Å². The van der Waals surface area contributed by atoms with Crippen LogP contribution >= 0.6 is 11.3 Å². The zero-order chi connectivity index (χ0) is 24.4. The van der Waals surface area contributed by atoms with Crippen LogP contribution in [0.1, 0.15) is 31.0 Å². The number of ether oxygens (including phenoxy) is 3. The second-order valence-electron chi connectivity index (χ2n) is 7.51. The summed E-state index contributed by atoms with van der Waals surface area (Å²) in [7, 11) is 3.02.